The van der Waals surface area contributed by atoms with Crippen LogP contribution in [0.15, 0.2) is 24.4 Å². The van der Waals surface area contributed by atoms with Crippen molar-refractivity contribution in [2.75, 3.05) is 51.3 Å². The monoisotopic (exact) mass is 480 g/mol. The van der Waals surface area contributed by atoms with E-state index in [1.807, 2.05) is 24.4 Å². The highest BCUT2D eigenvalue weighted by molar-refractivity contribution is 5.96. The second kappa shape index (κ2) is 11.0. The summed E-state index contributed by atoms with van der Waals surface area (Å²) < 4.78 is 11.4. The average molecular weight is 481 g/mol. The Hall–Kier alpha value is -2.54. The zero-order valence-electron chi connectivity index (χ0n) is 21.1. The summed E-state index contributed by atoms with van der Waals surface area (Å²) in [7, 11) is 1.68. The first-order valence-corrected chi connectivity index (χ1v) is 13.5. The van der Waals surface area contributed by atoms with E-state index in [0.717, 1.165) is 79.6 Å². The van der Waals surface area contributed by atoms with Gasteiger partial charge >= 0.3 is 0 Å². The molecule has 1 aromatic heterocycles. The number of likely N-dealkylation sites (tertiary alicyclic amines) is 1. The summed E-state index contributed by atoms with van der Waals surface area (Å²) in [4.78, 5) is 21.9. The van der Waals surface area contributed by atoms with Gasteiger partial charge in [0, 0.05) is 18.5 Å². The predicted octanol–water partition coefficient (Wildman–Crippen LogP) is 4.23. The summed E-state index contributed by atoms with van der Waals surface area (Å²) >= 11 is 0. The van der Waals surface area contributed by atoms with Gasteiger partial charge in [-0.15, -0.1) is 0 Å². The number of benzene rings is 1. The van der Waals surface area contributed by atoms with Crippen LogP contribution in [0.4, 0.5) is 5.69 Å². The third-order valence-electron chi connectivity index (χ3n) is 8.50. The first kappa shape index (κ1) is 24.2. The molecule has 0 radical (unpaired) electrons. The number of primary amides is 1. The Labute approximate surface area is 208 Å². The summed E-state index contributed by atoms with van der Waals surface area (Å²) in [6, 6.07) is 5.97. The van der Waals surface area contributed by atoms with Crippen molar-refractivity contribution in [3.05, 3.63) is 24.4 Å². The van der Waals surface area contributed by atoms with E-state index < -0.39 is 0 Å². The highest BCUT2D eigenvalue weighted by Crippen LogP contribution is 2.39. The minimum absolute atomic E-state index is 0.0649. The van der Waals surface area contributed by atoms with Crippen LogP contribution in [0.25, 0.3) is 10.9 Å². The molecule has 5 rings (SSSR count). The Bertz CT molecular complexity index is 1020. The van der Waals surface area contributed by atoms with Gasteiger partial charge in [-0.25, -0.2) is 0 Å². The van der Waals surface area contributed by atoms with E-state index in [4.69, 9.17) is 15.2 Å². The molecule has 0 bridgehead atoms. The van der Waals surface area contributed by atoms with Crippen LogP contribution >= 0.6 is 0 Å². The largest absolute Gasteiger partial charge is 0.497 e. The SMILES string of the molecule is COc1ccc2ncc3c(c2c1)N(CC[C@H]1CCN(CCC2CCCCC2)C[C@H]1C(N)=O)CCO3. The second-order valence-corrected chi connectivity index (χ2v) is 10.6. The fourth-order valence-corrected chi connectivity index (χ4v) is 6.40. The maximum atomic E-state index is 12.5. The van der Waals surface area contributed by atoms with E-state index in [9.17, 15) is 4.79 Å². The van der Waals surface area contributed by atoms with Crippen LogP contribution < -0.4 is 20.1 Å². The van der Waals surface area contributed by atoms with Crippen molar-refractivity contribution in [1.29, 1.82) is 0 Å². The zero-order valence-corrected chi connectivity index (χ0v) is 21.1. The molecular weight excluding hydrogens is 440 g/mol. The molecule has 3 aliphatic rings. The summed E-state index contributed by atoms with van der Waals surface area (Å²) in [6.45, 7) is 5.34. The van der Waals surface area contributed by atoms with Crippen molar-refractivity contribution >= 4 is 22.5 Å². The van der Waals surface area contributed by atoms with Crippen LogP contribution in [0.2, 0.25) is 0 Å². The zero-order chi connectivity index (χ0) is 24.2. The van der Waals surface area contributed by atoms with Gasteiger partial charge in [0.1, 0.15) is 12.4 Å². The molecular formula is C28H40N4O3. The number of nitrogens with zero attached hydrogens (tertiary/aromatic N) is 3. The van der Waals surface area contributed by atoms with Crippen LogP contribution in [0, 0.1) is 17.8 Å². The van der Waals surface area contributed by atoms with Crippen molar-refractivity contribution in [2.45, 2.75) is 51.4 Å². The lowest BCUT2D eigenvalue weighted by molar-refractivity contribution is -0.125. The molecule has 0 unspecified atom stereocenters. The highest BCUT2D eigenvalue weighted by Gasteiger charge is 2.34. The van der Waals surface area contributed by atoms with Crippen LogP contribution in [-0.4, -0.2) is 62.2 Å². The lowest BCUT2D eigenvalue weighted by atomic mass is 9.81. The van der Waals surface area contributed by atoms with Crippen LogP contribution in [-0.2, 0) is 4.79 Å². The molecule has 1 aromatic carbocycles. The number of hydrogen-bond acceptors (Lipinski definition) is 6. The number of ether oxygens (including phenoxy) is 2. The van der Waals surface area contributed by atoms with E-state index in [-0.39, 0.29) is 11.8 Å². The van der Waals surface area contributed by atoms with E-state index in [1.54, 1.807) is 7.11 Å². The normalized spacial score (nSPS) is 23.6. The molecule has 2 aromatic rings. The smallest absolute Gasteiger partial charge is 0.222 e. The number of carbonyl (C=O) groups is 1. The van der Waals surface area contributed by atoms with Gasteiger partial charge in [0.25, 0.3) is 0 Å². The van der Waals surface area contributed by atoms with Crippen LogP contribution in [0.5, 0.6) is 11.5 Å². The van der Waals surface area contributed by atoms with Gasteiger partial charge in [0.2, 0.25) is 5.91 Å². The molecule has 0 spiro atoms. The second-order valence-electron chi connectivity index (χ2n) is 10.6. The number of anilines is 1. The number of aromatic nitrogens is 1. The van der Waals surface area contributed by atoms with Gasteiger partial charge in [-0.1, -0.05) is 32.1 Å². The number of nitrogens with two attached hydrogens (primary N) is 1. The first-order chi connectivity index (χ1) is 17.1. The van der Waals surface area contributed by atoms with Crippen LogP contribution in [0.1, 0.15) is 51.4 Å². The Balaban J connectivity index is 1.24. The van der Waals surface area contributed by atoms with Gasteiger partial charge in [-0.2, -0.15) is 0 Å². The number of amides is 1. The molecule has 190 valence electrons. The maximum Gasteiger partial charge on any atom is 0.222 e. The van der Waals surface area contributed by atoms with Gasteiger partial charge in [-0.05, 0) is 62.4 Å². The molecule has 7 nitrogen and oxygen atoms in total. The fourth-order valence-electron chi connectivity index (χ4n) is 6.40. The number of piperidine rings is 1. The molecule has 1 amide bonds. The number of fused-ring (bicyclic) bond motifs is 3. The van der Waals surface area contributed by atoms with Gasteiger partial charge < -0.3 is 25.0 Å². The molecule has 1 saturated heterocycles. The number of hydrogen-bond donors (Lipinski definition) is 1. The first-order valence-electron chi connectivity index (χ1n) is 13.5. The number of methoxy groups -OCH3 is 1. The molecule has 2 atom stereocenters. The molecule has 2 N–H and O–H groups in total. The molecule has 2 fully saturated rings. The predicted molar refractivity (Wildman–Crippen MR) is 139 cm³/mol. The number of rotatable bonds is 8. The molecule has 35 heavy (non-hydrogen) atoms. The minimum Gasteiger partial charge on any atom is -0.497 e. The van der Waals surface area contributed by atoms with E-state index in [0.29, 0.717) is 12.5 Å². The summed E-state index contributed by atoms with van der Waals surface area (Å²) in [5.74, 6) is 2.63. The van der Waals surface area contributed by atoms with Crippen molar-refractivity contribution in [3.8, 4) is 11.5 Å². The quantitative estimate of drug-likeness (QED) is 0.609. The minimum atomic E-state index is -0.140. The number of pyridine rings is 1. The Morgan fingerprint density at radius 1 is 1.14 bits per heavy atom. The van der Waals surface area contributed by atoms with Gasteiger partial charge in [0.05, 0.1) is 37.0 Å². The standard InChI is InChI=1S/C28H40N4O3/c1-34-22-7-8-25-23(17-22)27-26(18-30-25)35-16-15-32(27)14-11-21-10-13-31(19-24(21)28(29)33)12-9-20-5-3-2-4-6-20/h7-8,17-18,20-21,24H,2-6,9-16,19H2,1H3,(H2,29,33)/t21-,24-/m1/s1. The van der Waals surface area contributed by atoms with Crippen LogP contribution in [0.3, 0.4) is 0 Å². The van der Waals surface area contributed by atoms with Crippen molar-refractivity contribution in [3.63, 3.8) is 0 Å². The third kappa shape index (κ3) is 5.50. The summed E-state index contributed by atoms with van der Waals surface area (Å²) in [5.41, 5.74) is 7.94. The highest BCUT2D eigenvalue weighted by atomic mass is 16.5. The van der Waals surface area contributed by atoms with Crippen molar-refractivity contribution in [2.24, 2.45) is 23.5 Å². The topological polar surface area (TPSA) is 80.9 Å². The number of carbonyl (C=O) groups excluding carboxylic acids is 1. The summed E-state index contributed by atoms with van der Waals surface area (Å²) in [5, 5.41) is 1.05. The average Bonchev–Trinajstić information content (AvgIpc) is 2.90. The molecule has 2 aliphatic heterocycles. The Morgan fingerprint density at radius 2 is 2.00 bits per heavy atom. The van der Waals surface area contributed by atoms with E-state index in [1.165, 1.54) is 38.5 Å². The molecule has 1 aliphatic carbocycles. The summed E-state index contributed by atoms with van der Waals surface area (Å²) in [6.07, 6.45) is 12.0. The Kier molecular flexibility index (Phi) is 7.61. The fraction of sp³-hybridized carbons (Fsp3) is 0.643. The maximum absolute atomic E-state index is 12.5. The molecule has 7 heteroatoms. The van der Waals surface area contributed by atoms with Gasteiger partial charge in [-0.3, -0.25) is 9.78 Å². The lowest BCUT2D eigenvalue weighted by Gasteiger charge is -2.39. The Morgan fingerprint density at radius 3 is 2.80 bits per heavy atom. The van der Waals surface area contributed by atoms with Gasteiger partial charge in [0.15, 0.2) is 5.75 Å². The van der Waals surface area contributed by atoms with E-state index >= 15 is 0 Å². The molecule has 1 saturated carbocycles. The van der Waals surface area contributed by atoms with Crippen molar-refractivity contribution in [1.82, 2.24) is 9.88 Å². The molecule has 3 heterocycles. The lowest BCUT2D eigenvalue weighted by Crippen LogP contribution is -2.47. The van der Waals surface area contributed by atoms with Crippen molar-refractivity contribution < 1.29 is 14.3 Å². The third-order valence-corrected chi connectivity index (χ3v) is 8.50. The van der Waals surface area contributed by atoms with E-state index in [2.05, 4.69) is 14.8 Å².